The molecule has 2 aliphatic rings. The molecule has 0 aromatic heterocycles. The molecule has 2 aliphatic carbocycles. The molecule has 2 rings (SSSR count). The molecule has 0 saturated heterocycles. The fourth-order valence-corrected chi connectivity index (χ4v) is 5.60. The van der Waals surface area contributed by atoms with E-state index >= 15 is 0 Å². The Labute approximate surface area is 124 Å². The van der Waals surface area contributed by atoms with E-state index in [2.05, 4.69) is 13.8 Å². The van der Waals surface area contributed by atoms with Gasteiger partial charge < -0.3 is 9.05 Å². The molecule has 0 N–H and O–H groups in total. The predicted molar refractivity (Wildman–Crippen MR) is 83.3 cm³/mol. The molecule has 2 fully saturated rings. The Hall–Kier alpha value is 0.150. The van der Waals surface area contributed by atoms with Crippen molar-refractivity contribution >= 4 is 7.60 Å². The van der Waals surface area contributed by atoms with Crippen LogP contribution in [-0.4, -0.2) is 17.4 Å². The lowest BCUT2D eigenvalue weighted by Gasteiger charge is -2.41. The van der Waals surface area contributed by atoms with Crippen LogP contribution in [0.3, 0.4) is 0 Å². The second-order valence-corrected chi connectivity index (χ2v) is 9.35. The minimum Gasteiger partial charge on any atom is -0.302 e. The van der Waals surface area contributed by atoms with Gasteiger partial charge in [-0.2, -0.15) is 0 Å². The van der Waals surface area contributed by atoms with E-state index < -0.39 is 7.60 Å². The zero-order valence-corrected chi connectivity index (χ0v) is 14.3. The lowest BCUT2D eigenvalue weighted by Crippen LogP contribution is -2.35. The predicted octanol–water partition coefficient (Wildman–Crippen LogP) is 5.68. The Morgan fingerprint density at radius 3 is 1.45 bits per heavy atom. The third-order valence-corrected chi connectivity index (χ3v) is 7.14. The molecule has 2 saturated carbocycles. The van der Waals surface area contributed by atoms with Crippen molar-refractivity contribution in [1.82, 2.24) is 0 Å². The molecule has 4 heteroatoms. The van der Waals surface area contributed by atoms with Crippen LogP contribution in [0.1, 0.15) is 85.0 Å². The molecule has 0 radical (unpaired) electrons. The lowest BCUT2D eigenvalue weighted by molar-refractivity contribution is -0.0148. The minimum atomic E-state index is -2.97. The third kappa shape index (κ3) is 4.32. The monoisotopic (exact) mass is 302 g/mol. The van der Waals surface area contributed by atoms with Gasteiger partial charge in [0.15, 0.2) is 0 Å². The Kier molecular flexibility index (Phi) is 5.37. The summed E-state index contributed by atoms with van der Waals surface area (Å²) in [5.74, 6) is 0. The van der Waals surface area contributed by atoms with E-state index in [9.17, 15) is 4.57 Å². The second kappa shape index (κ2) is 6.50. The van der Waals surface area contributed by atoms with Gasteiger partial charge >= 0.3 is 7.60 Å². The van der Waals surface area contributed by atoms with Crippen molar-refractivity contribution in [3.8, 4) is 0 Å². The fraction of sp³-hybridized carbons (Fsp3) is 1.00. The summed E-state index contributed by atoms with van der Waals surface area (Å²) >= 11 is 0. The van der Waals surface area contributed by atoms with Crippen LogP contribution in [0.4, 0.5) is 0 Å². The molecule has 0 heterocycles. The zero-order valence-electron chi connectivity index (χ0n) is 13.5. The summed E-state index contributed by atoms with van der Waals surface area (Å²) in [5, 5.41) is 0. The maximum Gasteiger partial charge on any atom is 0.331 e. The fourth-order valence-electron chi connectivity index (χ4n) is 3.60. The molecule has 0 spiro atoms. The Balaban J connectivity index is 2.02. The Bertz CT molecular complexity index is 325. The summed E-state index contributed by atoms with van der Waals surface area (Å²) in [6, 6.07) is 0. The standard InChI is InChI=1S/C16H31O3P/c1-4-20(17,18-15(2)11-7-5-8-12-15)19-16(3)13-9-6-10-14-16/h4-14H2,1-3H3. The SMILES string of the molecule is CCP(=O)(OC1(C)CCCCC1)OC1(C)CCCCC1. The van der Waals surface area contributed by atoms with Gasteiger partial charge in [0.25, 0.3) is 0 Å². The van der Waals surface area contributed by atoms with Crippen molar-refractivity contribution in [2.45, 2.75) is 96.2 Å². The average molecular weight is 302 g/mol. The van der Waals surface area contributed by atoms with Gasteiger partial charge in [0, 0.05) is 6.16 Å². The highest BCUT2D eigenvalue weighted by Crippen LogP contribution is 2.58. The molecule has 0 bridgehead atoms. The molecule has 20 heavy (non-hydrogen) atoms. The first kappa shape index (κ1) is 16.5. The summed E-state index contributed by atoms with van der Waals surface area (Å²) in [4.78, 5) is 0. The van der Waals surface area contributed by atoms with Gasteiger partial charge in [-0.15, -0.1) is 0 Å². The van der Waals surface area contributed by atoms with Gasteiger partial charge in [-0.3, -0.25) is 4.57 Å². The molecule has 0 aliphatic heterocycles. The summed E-state index contributed by atoms with van der Waals surface area (Å²) in [7, 11) is -2.97. The molecular weight excluding hydrogens is 271 g/mol. The first-order valence-electron chi connectivity index (χ1n) is 8.39. The van der Waals surface area contributed by atoms with Crippen LogP contribution in [0.5, 0.6) is 0 Å². The highest BCUT2D eigenvalue weighted by molar-refractivity contribution is 7.53. The van der Waals surface area contributed by atoms with Crippen LogP contribution >= 0.6 is 7.60 Å². The summed E-state index contributed by atoms with van der Waals surface area (Å²) in [6.45, 7) is 6.15. The van der Waals surface area contributed by atoms with Crippen molar-refractivity contribution in [1.29, 1.82) is 0 Å². The van der Waals surface area contributed by atoms with E-state index in [0.717, 1.165) is 25.7 Å². The summed E-state index contributed by atoms with van der Waals surface area (Å²) < 4.78 is 25.3. The van der Waals surface area contributed by atoms with Crippen LogP contribution in [0, 0.1) is 0 Å². The smallest absolute Gasteiger partial charge is 0.302 e. The normalized spacial score (nSPS) is 26.4. The van der Waals surface area contributed by atoms with Crippen LogP contribution in [-0.2, 0) is 13.6 Å². The van der Waals surface area contributed by atoms with Gasteiger partial charge in [-0.05, 0) is 39.5 Å². The molecule has 0 aromatic rings. The highest BCUT2D eigenvalue weighted by Gasteiger charge is 2.41. The van der Waals surface area contributed by atoms with E-state index in [-0.39, 0.29) is 11.2 Å². The molecule has 0 atom stereocenters. The highest BCUT2D eigenvalue weighted by atomic mass is 31.2. The van der Waals surface area contributed by atoms with Gasteiger partial charge in [0.05, 0.1) is 11.2 Å². The molecule has 0 aromatic carbocycles. The molecule has 0 unspecified atom stereocenters. The number of hydrogen-bond acceptors (Lipinski definition) is 3. The van der Waals surface area contributed by atoms with Gasteiger partial charge in [0.1, 0.15) is 0 Å². The topological polar surface area (TPSA) is 35.5 Å². The van der Waals surface area contributed by atoms with Crippen LogP contribution in [0.15, 0.2) is 0 Å². The number of rotatable bonds is 5. The van der Waals surface area contributed by atoms with Crippen LogP contribution in [0.2, 0.25) is 0 Å². The van der Waals surface area contributed by atoms with Gasteiger partial charge in [0.2, 0.25) is 0 Å². The van der Waals surface area contributed by atoms with E-state index in [0.29, 0.717) is 6.16 Å². The minimum absolute atomic E-state index is 0.241. The van der Waals surface area contributed by atoms with Crippen molar-refractivity contribution in [3.05, 3.63) is 0 Å². The van der Waals surface area contributed by atoms with Gasteiger partial charge in [-0.1, -0.05) is 45.4 Å². The molecule has 118 valence electrons. The van der Waals surface area contributed by atoms with Crippen molar-refractivity contribution in [3.63, 3.8) is 0 Å². The largest absolute Gasteiger partial charge is 0.331 e. The summed E-state index contributed by atoms with van der Waals surface area (Å²) in [6.07, 6.45) is 11.8. The molecule has 3 nitrogen and oxygen atoms in total. The van der Waals surface area contributed by atoms with Gasteiger partial charge in [-0.25, -0.2) is 0 Å². The maximum atomic E-state index is 13.1. The third-order valence-electron chi connectivity index (χ3n) is 4.93. The molecule has 0 amide bonds. The van der Waals surface area contributed by atoms with E-state index in [1.165, 1.54) is 38.5 Å². The Morgan fingerprint density at radius 1 is 0.800 bits per heavy atom. The first-order valence-corrected chi connectivity index (χ1v) is 10.1. The summed E-state index contributed by atoms with van der Waals surface area (Å²) in [5.41, 5.74) is -0.483. The molecular formula is C16H31O3P. The van der Waals surface area contributed by atoms with Crippen molar-refractivity contribution < 1.29 is 13.6 Å². The second-order valence-electron chi connectivity index (χ2n) is 7.13. The van der Waals surface area contributed by atoms with Crippen LogP contribution < -0.4 is 0 Å². The first-order chi connectivity index (χ1) is 9.39. The van der Waals surface area contributed by atoms with Crippen molar-refractivity contribution in [2.75, 3.05) is 6.16 Å². The van der Waals surface area contributed by atoms with E-state index in [4.69, 9.17) is 9.05 Å². The lowest BCUT2D eigenvalue weighted by atomic mass is 9.87. The van der Waals surface area contributed by atoms with Crippen LogP contribution in [0.25, 0.3) is 0 Å². The van der Waals surface area contributed by atoms with E-state index in [1.54, 1.807) is 0 Å². The van der Waals surface area contributed by atoms with Crippen molar-refractivity contribution in [2.24, 2.45) is 0 Å². The number of hydrogen-bond donors (Lipinski definition) is 0. The maximum absolute atomic E-state index is 13.1. The Morgan fingerprint density at radius 2 is 1.15 bits per heavy atom. The van der Waals surface area contributed by atoms with E-state index in [1.807, 2.05) is 6.92 Å². The zero-order chi connectivity index (χ0) is 14.7. The average Bonchev–Trinajstić information content (AvgIpc) is 2.39. The quantitative estimate of drug-likeness (QED) is 0.613.